The van der Waals surface area contributed by atoms with E-state index in [4.69, 9.17) is 5.73 Å². The van der Waals surface area contributed by atoms with Gasteiger partial charge in [0.2, 0.25) is 0 Å². The van der Waals surface area contributed by atoms with E-state index in [1.54, 1.807) is 0 Å². The second kappa shape index (κ2) is 6.02. The van der Waals surface area contributed by atoms with Gasteiger partial charge in [0, 0.05) is 31.7 Å². The molecule has 1 fully saturated rings. The van der Waals surface area contributed by atoms with Crippen molar-refractivity contribution in [3.63, 3.8) is 0 Å². The van der Waals surface area contributed by atoms with Crippen LogP contribution in [0, 0.1) is 5.92 Å². The van der Waals surface area contributed by atoms with E-state index in [1.807, 2.05) is 6.33 Å². The summed E-state index contributed by atoms with van der Waals surface area (Å²) < 4.78 is 2.16. The first-order valence-electron chi connectivity index (χ1n) is 8.17. The molecule has 6 heteroatoms. The van der Waals surface area contributed by atoms with Crippen LogP contribution in [0.2, 0.25) is 0 Å². The minimum atomic E-state index is 0.157. The van der Waals surface area contributed by atoms with E-state index in [0.717, 1.165) is 37.9 Å². The lowest BCUT2D eigenvalue weighted by Gasteiger charge is -2.49. The monoisotopic (exact) mass is 292 g/mol. The molecule has 3 heterocycles. The lowest BCUT2D eigenvalue weighted by Crippen LogP contribution is -2.60. The molecule has 0 atom stereocenters. The Kier molecular flexibility index (Phi) is 4.28. The number of hydrogen-bond acceptors (Lipinski definition) is 5. The lowest BCUT2D eigenvalue weighted by molar-refractivity contribution is 0.00524. The van der Waals surface area contributed by atoms with Gasteiger partial charge in [0.05, 0.1) is 6.54 Å². The molecule has 0 radical (unpaired) electrons. The molecule has 0 saturated carbocycles. The van der Waals surface area contributed by atoms with Gasteiger partial charge < -0.3 is 15.2 Å². The second-order valence-electron chi connectivity index (χ2n) is 6.99. The summed E-state index contributed by atoms with van der Waals surface area (Å²) >= 11 is 0. The van der Waals surface area contributed by atoms with Gasteiger partial charge in [-0.2, -0.15) is 0 Å². The van der Waals surface area contributed by atoms with Crippen LogP contribution in [-0.4, -0.2) is 62.8 Å². The zero-order chi connectivity index (χ0) is 14.9. The van der Waals surface area contributed by atoms with Crippen LogP contribution in [0.1, 0.15) is 32.5 Å². The van der Waals surface area contributed by atoms with Crippen molar-refractivity contribution in [1.82, 2.24) is 24.6 Å². The minimum absolute atomic E-state index is 0.157. The largest absolute Gasteiger partial charge is 0.329 e. The number of fused-ring (bicyclic) bond motifs is 1. The lowest BCUT2D eigenvalue weighted by atomic mass is 9.84. The topological polar surface area (TPSA) is 63.2 Å². The average Bonchev–Trinajstić information content (AvgIpc) is 2.95. The van der Waals surface area contributed by atoms with Crippen molar-refractivity contribution < 1.29 is 0 Å². The molecular weight excluding hydrogens is 264 g/mol. The molecule has 6 nitrogen and oxygen atoms in total. The van der Waals surface area contributed by atoms with Gasteiger partial charge in [-0.3, -0.25) is 4.90 Å². The van der Waals surface area contributed by atoms with Crippen molar-refractivity contribution in [3.8, 4) is 0 Å². The molecule has 0 aromatic carbocycles. The number of hydrogen-bond donors (Lipinski definition) is 1. The van der Waals surface area contributed by atoms with E-state index >= 15 is 0 Å². The van der Waals surface area contributed by atoms with Crippen molar-refractivity contribution in [2.75, 3.05) is 32.7 Å². The van der Waals surface area contributed by atoms with Crippen molar-refractivity contribution in [2.24, 2.45) is 11.7 Å². The van der Waals surface area contributed by atoms with Crippen LogP contribution in [0.25, 0.3) is 0 Å². The molecule has 2 aliphatic heterocycles. The van der Waals surface area contributed by atoms with Gasteiger partial charge in [-0.15, -0.1) is 10.2 Å². The summed E-state index contributed by atoms with van der Waals surface area (Å²) in [6.45, 7) is 11.8. The van der Waals surface area contributed by atoms with E-state index < -0.39 is 0 Å². The third-order valence-electron chi connectivity index (χ3n) is 5.10. The van der Waals surface area contributed by atoms with E-state index in [0.29, 0.717) is 0 Å². The third-order valence-corrected chi connectivity index (χ3v) is 5.10. The van der Waals surface area contributed by atoms with E-state index in [9.17, 15) is 0 Å². The third kappa shape index (κ3) is 2.98. The zero-order valence-electron chi connectivity index (χ0n) is 13.3. The summed E-state index contributed by atoms with van der Waals surface area (Å²) in [6, 6.07) is 0. The molecule has 3 rings (SSSR count). The molecule has 1 saturated heterocycles. The van der Waals surface area contributed by atoms with Crippen LogP contribution in [0.4, 0.5) is 0 Å². The SMILES string of the molecule is CC(C)CN1CCC(CN)(N2CCn3cnnc3C2)CC1. The molecule has 0 aliphatic carbocycles. The summed E-state index contributed by atoms with van der Waals surface area (Å²) in [7, 11) is 0. The van der Waals surface area contributed by atoms with Crippen LogP contribution in [0.3, 0.4) is 0 Å². The van der Waals surface area contributed by atoms with E-state index in [2.05, 4.69) is 38.4 Å². The highest BCUT2D eigenvalue weighted by molar-refractivity contribution is 5.01. The van der Waals surface area contributed by atoms with Gasteiger partial charge in [-0.1, -0.05) is 13.8 Å². The fourth-order valence-corrected chi connectivity index (χ4v) is 3.79. The van der Waals surface area contributed by atoms with Crippen LogP contribution < -0.4 is 5.73 Å². The number of nitrogens with zero attached hydrogens (tertiary/aromatic N) is 5. The summed E-state index contributed by atoms with van der Waals surface area (Å²) in [5, 5.41) is 8.27. The Balaban J connectivity index is 1.66. The van der Waals surface area contributed by atoms with Gasteiger partial charge >= 0.3 is 0 Å². The molecule has 0 bridgehead atoms. The number of rotatable bonds is 4. The summed E-state index contributed by atoms with van der Waals surface area (Å²) in [6.07, 6.45) is 4.18. The highest BCUT2D eigenvalue weighted by Gasteiger charge is 2.40. The van der Waals surface area contributed by atoms with Crippen molar-refractivity contribution in [1.29, 1.82) is 0 Å². The normalized spacial score (nSPS) is 23.4. The maximum absolute atomic E-state index is 6.21. The maximum atomic E-state index is 6.21. The molecule has 118 valence electrons. The van der Waals surface area contributed by atoms with Gasteiger partial charge in [0.15, 0.2) is 0 Å². The Hall–Kier alpha value is -0.980. The summed E-state index contributed by atoms with van der Waals surface area (Å²) in [5.74, 6) is 1.82. The summed E-state index contributed by atoms with van der Waals surface area (Å²) in [4.78, 5) is 5.15. The summed E-state index contributed by atoms with van der Waals surface area (Å²) in [5.41, 5.74) is 6.37. The van der Waals surface area contributed by atoms with Crippen LogP contribution in [0.15, 0.2) is 6.33 Å². The van der Waals surface area contributed by atoms with E-state index in [-0.39, 0.29) is 5.54 Å². The highest BCUT2D eigenvalue weighted by Crippen LogP contribution is 2.31. The number of piperidine rings is 1. The second-order valence-corrected chi connectivity index (χ2v) is 6.99. The van der Waals surface area contributed by atoms with Crippen molar-refractivity contribution in [3.05, 3.63) is 12.2 Å². The molecule has 0 spiro atoms. The maximum Gasteiger partial charge on any atom is 0.147 e. The molecular formula is C15H28N6. The number of likely N-dealkylation sites (tertiary alicyclic amines) is 1. The number of aromatic nitrogens is 3. The molecule has 2 N–H and O–H groups in total. The molecule has 0 unspecified atom stereocenters. The highest BCUT2D eigenvalue weighted by atomic mass is 15.3. The first-order chi connectivity index (χ1) is 10.1. The fraction of sp³-hybridized carbons (Fsp3) is 0.867. The molecule has 1 aromatic heterocycles. The average molecular weight is 292 g/mol. The smallest absolute Gasteiger partial charge is 0.147 e. The Labute approximate surface area is 127 Å². The van der Waals surface area contributed by atoms with Crippen LogP contribution in [0.5, 0.6) is 0 Å². The Morgan fingerprint density at radius 2 is 2.00 bits per heavy atom. The molecule has 1 aromatic rings. The van der Waals surface area contributed by atoms with Gasteiger partial charge in [0.1, 0.15) is 12.2 Å². The van der Waals surface area contributed by atoms with Gasteiger partial charge in [0.25, 0.3) is 0 Å². The predicted octanol–water partition coefficient (Wildman–Crippen LogP) is 0.543. The first-order valence-corrected chi connectivity index (χ1v) is 8.17. The Morgan fingerprint density at radius 1 is 1.24 bits per heavy atom. The first kappa shape index (κ1) is 14.9. The quantitative estimate of drug-likeness (QED) is 0.878. The van der Waals surface area contributed by atoms with Gasteiger partial charge in [-0.05, 0) is 31.8 Å². The Bertz CT molecular complexity index is 460. The fourth-order valence-electron chi connectivity index (χ4n) is 3.79. The zero-order valence-corrected chi connectivity index (χ0v) is 13.3. The number of nitrogens with two attached hydrogens (primary N) is 1. The molecule has 0 amide bonds. The minimum Gasteiger partial charge on any atom is -0.329 e. The van der Waals surface area contributed by atoms with E-state index in [1.165, 1.54) is 32.5 Å². The van der Waals surface area contributed by atoms with Crippen LogP contribution in [-0.2, 0) is 13.1 Å². The predicted molar refractivity (Wildman–Crippen MR) is 82.7 cm³/mol. The molecule has 21 heavy (non-hydrogen) atoms. The van der Waals surface area contributed by atoms with Gasteiger partial charge in [-0.25, -0.2) is 0 Å². The molecule has 2 aliphatic rings. The van der Waals surface area contributed by atoms with Crippen molar-refractivity contribution >= 4 is 0 Å². The Morgan fingerprint density at radius 3 is 2.67 bits per heavy atom. The van der Waals surface area contributed by atoms with Crippen molar-refractivity contribution in [2.45, 2.75) is 45.3 Å². The standard InChI is InChI=1S/C15H28N6/c1-13(2)9-19-5-3-15(11-16,4-6-19)21-8-7-20-12-17-18-14(20)10-21/h12-13H,3-11,16H2,1-2H3. The van der Waals surface area contributed by atoms with Crippen LogP contribution >= 0.6 is 0 Å².